The van der Waals surface area contributed by atoms with Crippen LogP contribution in [0.15, 0.2) is 71.3 Å². The van der Waals surface area contributed by atoms with Crippen molar-refractivity contribution in [3.63, 3.8) is 0 Å². The van der Waals surface area contributed by atoms with Gasteiger partial charge in [0.2, 0.25) is 5.88 Å². The minimum absolute atomic E-state index is 0.0831. The molecule has 2 aromatic carbocycles. The van der Waals surface area contributed by atoms with Crippen LogP contribution in [0.5, 0.6) is 0 Å². The largest absolute Gasteiger partial charge is 0.462 e. The molecule has 2 aromatic rings. The summed E-state index contributed by atoms with van der Waals surface area (Å²) in [5.41, 5.74) is 8.66. The highest BCUT2D eigenvalue weighted by Crippen LogP contribution is 2.40. The Hall–Kier alpha value is -3.25. The molecule has 6 nitrogen and oxygen atoms in total. The summed E-state index contributed by atoms with van der Waals surface area (Å²) < 4.78 is 10.8. The Kier molecular flexibility index (Phi) is 6.47. The van der Waals surface area contributed by atoms with E-state index in [9.17, 15) is 9.59 Å². The monoisotopic (exact) mass is 426 g/mol. The van der Waals surface area contributed by atoms with Gasteiger partial charge in [0, 0.05) is 10.7 Å². The van der Waals surface area contributed by atoms with Gasteiger partial charge in [0.05, 0.1) is 18.1 Å². The molecule has 7 heteroatoms. The van der Waals surface area contributed by atoms with E-state index in [-0.39, 0.29) is 23.6 Å². The summed E-state index contributed by atoms with van der Waals surface area (Å²) in [6.45, 7) is 5.40. The number of ether oxygens (including phenoxy) is 2. The van der Waals surface area contributed by atoms with E-state index < -0.39 is 17.8 Å². The lowest BCUT2D eigenvalue weighted by molar-refractivity contribution is -0.139. The second-order valence-electron chi connectivity index (χ2n) is 6.82. The molecule has 0 fully saturated rings. The van der Waals surface area contributed by atoms with Gasteiger partial charge in [0.15, 0.2) is 0 Å². The van der Waals surface area contributed by atoms with Gasteiger partial charge in [-0.25, -0.2) is 4.79 Å². The number of amides is 1. The SMILES string of the molecule is CCOC(=O)C1=C(N)OC(C)=C(C(=O)Nc2ccccc2C)C1c1ccc(Cl)cc1. The zero-order valence-corrected chi connectivity index (χ0v) is 17.7. The number of carbonyl (C=O) groups is 2. The Bertz CT molecular complexity index is 1040. The number of hydrogen-bond acceptors (Lipinski definition) is 5. The molecule has 1 unspecified atom stereocenters. The third-order valence-electron chi connectivity index (χ3n) is 4.82. The minimum Gasteiger partial charge on any atom is -0.462 e. The maximum absolute atomic E-state index is 13.3. The molecule has 0 aliphatic carbocycles. The van der Waals surface area contributed by atoms with Gasteiger partial charge in [-0.3, -0.25) is 4.79 Å². The van der Waals surface area contributed by atoms with Crippen molar-refractivity contribution >= 4 is 29.2 Å². The van der Waals surface area contributed by atoms with E-state index in [2.05, 4.69) is 5.32 Å². The maximum Gasteiger partial charge on any atom is 0.340 e. The van der Waals surface area contributed by atoms with Crippen LogP contribution in [0.2, 0.25) is 5.02 Å². The highest BCUT2D eigenvalue weighted by Gasteiger charge is 2.39. The predicted molar refractivity (Wildman–Crippen MR) is 116 cm³/mol. The number of carbonyl (C=O) groups excluding carboxylic acids is 2. The average molecular weight is 427 g/mol. The molecule has 3 N–H and O–H groups in total. The smallest absolute Gasteiger partial charge is 0.340 e. The number of hydrogen-bond donors (Lipinski definition) is 2. The Morgan fingerprint density at radius 1 is 1.10 bits per heavy atom. The van der Waals surface area contributed by atoms with Gasteiger partial charge in [-0.05, 0) is 50.1 Å². The lowest BCUT2D eigenvalue weighted by Gasteiger charge is -2.29. The number of nitrogens with two attached hydrogens (primary N) is 1. The van der Waals surface area contributed by atoms with Crippen molar-refractivity contribution in [3.05, 3.63) is 87.5 Å². The molecule has 156 valence electrons. The van der Waals surface area contributed by atoms with E-state index in [4.69, 9.17) is 26.8 Å². The lowest BCUT2D eigenvalue weighted by atomic mass is 9.82. The highest BCUT2D eigenvalue weighted by atomic mass is 35.5. The average Bonchev–Trinajstić information content (AvgIpc) is 2.69. The number of aryl methyl sites for hydroxylation is 1. The van der Waals surface area contributed by atoms with Gasteiger partial charge in [-0.15, -0.1) is 0 Å². The first-order chi connectivity index (χ1) is 14.3. The summed E-state index contributed by atoms with van der Waals surface area (Å²) in [7, 11) is 0. The minimum atomic E-state index is -0.765. The normalized spacial score (nSPS) is 16.2. The van der Waals surface area contributed by atoms with Gasteiger partial charge in [0.1, 0.15) is 11.3 Å². The van der Waals surface area contributed by atoms with E-state index in [1.807, 2.05) is 25.1 Å². The predicted octanol–water partition coefficient (Wildman–Crippen LogP) is 4.41. The van der Waals surface area contributed by atoms with Crippen LogP contribution in [0, 0.1) is 6.92 Å². The van der Waals surface area contributed by atoms with E-state index in [0.717, 1.165) is 5.56 Å². The first-order valence-corrected chi connectivity index (χ1v) is 9.89. The third kappa shape index (κ3) is 4.33. The maximum atomic E-state index is 13.3. The molecule has 1 aliphatic heterocycles. The molecule has 30 heavy (non-hydrogen) atoms. The Balaban J connectivity index is 2.09. The molecular weight excluding hydrogens is 404 g/mol. The molecule has 0 aromatic heterocycles. The molecule has 1 aliphatic rings. The number of allylic oxidation sites excluding steroid dienone is 1. The van der Waals surface area contributed by atoms with Crippen LogP contribution in [0.4, 0.5) is 5.69 Å². The first kappa shape index (κ1) is 21.5. The van der Waals surface area contributed by atoms with Crippen LogP contribution in [-0.4, -0.2) is 18.5 Å². The van der Waals surface area contributed by atoms with E-state index in [1.54, 1.807) is 44.2 Å². The van der Waals surface area contributed by atoms with Crippen LogP contribution in [0.3, 0.4) is 0 Å². The lowest BCUT2D eigenvalue weighted by Crippen LogP contribution is -2.31. The van der Waals surface area contributed by atoms with Crippen LogP contribution in [0.25, 0.3) is 0 Å². The molecule has 1 amide bonds. The number of rotatable bonds is 5. The number of para-hydroxylation sites is 1. The molecular formula is C23H23ClN2O4. The quantitative estimate of drug-likeness (QED) is 0.691. The highest BCUT2D eigenvalue weighted by molar-refractivity contribution is 6.30. The van der Waals surface area contributed by atoms with Gasteiger partial charge >= 0.3 is 5.97 Å². The zero-order chi connectivity index (χ0) is 21.8. The van der Waals surface area contributed by atoms with Crippen LogP contribution < -0.4 is 11.1 Å². The van der Waals surface area contributed by atoms with Crippen molar-refractivity contribution in [2.75, 3.05) is 11.9 Å². The Labute approximate surface area is 180 Å². The number of anilines is 1. The zero-order valence-electron chi connectivity index (χ0n) is 17.0. The molecule has 0 saturated heterocycles. The second kappa shape index (κ2) is 9.05. The fourth-order valence-electron chi connectivity index (χ4n) is 3.37. The Morgan fingerprint density at radius 3 is 2.40 bits per heavy atom. The number of nitrogens with one attached hydrogen (secondary N) is 1. The van der Waals surface area contributed by atoms with Crippen molar-refractivity contribution in [1.82, 2.24) is 0 Å². The second-order valence-corrected chi connectivity index (χ2v) is 7.26. The fourth-order valence-corrected chi connectivity index (χ4v) is 3.50. The van der Waals surface area contributed by atoms with Crippen LogP contribution in [-0.2, 0) is 19.1 Å². The fraction of sp³-hybridized carbons (Fsp3) is 0.217. The molecule has 1 heterocycles. The van der Waals surface area contributed by atoms with Crippen molar-refractivity contribution in [2.45, 2.75) is 26.7 Å². The molecule has 0 bridgehead atoms. The number of halogens is 1. The summed E-state index contributed by atoms with van der Waals surface area (Å²) >= 11 is 6.04. The summed E-state index contributed by atoms with van der Waals surface area (Å²) in [6, 6.07) is 14.3. The van der Waals surface area contributed by atoms with Gasteiger partial charge in [0.25, 0.3) is 5.91 Å². The summed E-state index contributed by atoms with van der Waals surface area (Å²) in [6.07, 6.45) is 0. The molecule has 0 spiro atoms. The van der Waals surface area contributed by atoms with Crippen LogP contribution >= 0.6 is 11.6 Å². The summed E-state index contributed by atoms with van der Waals surface area (Å²) in [4.78, 5) is 26.0. The number of benzene rings is 2. The van der Waals surface area contributed by atoms with Crippen molar-refractivity contribution in [2.24, 2.45) is 5.73 Å². The summed E-state index contributed by atoms with van der Waals surface area (Å²) in [5.74, 6) is -1.57. The van der Waals surface area contributed by atoms with Gasteiger partial charge in [-0.1, -0.05) is 41.9 Å². The van der Waals surface area contributed by atoms with E-state index in [0.29, 0.717) is 22.0 Å². The molecule has 1 atom stereocenters. The molecule has 0 saturated carbocycles. The topological polar surface area (TPSA) is 90.7 Å². The van der Waals surface area contributed by atoms with Gasteiger partial charge < -0.3 is 20.5 Å². The first-order valence-electron chi connectivity index (χ1n) is 9.51. The standard InChI is InChI=1S/C23H23ClN2O4/c1-4-29-23(28)20-19(15-9-11-16(24)12-10-15)18(14(3)30-21(20)25)22(27)26-17-8-6-5-7-13(17)2/h5-12,19H,4,25H2,1-3H3,(H,26,27). The van der Waals surface area contributed by atoms with Crippen molar-refractivity contribution < 1.29 is 19.1 Å². The Morgan fingerprint density at radius 2 is 1.77 bits per heavy atom. The van der Waals surface area contributed by atoms with Crippen LogP contribution in [0.1, 0.15) is 30.9 Å². The number of esters is 1. The molecule has 0 radical (unpaired) electrons. The van der Waals surface area contributed by atoms with Crippen molar-refractivity contribution in [3.8, 4) is 0 Å². The van der Waals surface area contributed by atoms with Crippen molar-refractivity contribution in [1.29, 1.82) is 0 Å². The van der Waals surface area contributed by atoms with E-state index >= 15 is 0 Å². The molecule has 3 rings (SSSR count). The van der Waals surface area contributed by atoms with E-state index in [1.165, 1.54) is 0 Å². The third-order valence-corrected chi connectivity index (χ3v) is 5.07. The van der Waals surface area contributed by atoms with Gasteiger partial charge in [-0.2, -0.15) is 0 Å². The summed E-state index contributed by atoms with van der Waals surface area (Å²) in [5, 5.41) is 3.44.